The first-order valence-electron chi connectivity index (χ1n) is 9.46. The van der Waals surface area contributed by atoms with Crippen molar-refractivity contribution in [2.24, 2.45) is 11.8 Å². The molecule has 0 radical (unpaired) electrons. The lowest BCUT2D eigenvalue weighted by Crippen LogP contribution is -2.66. The first-order chi connectivity index (χ1) is 12.1. The van der Waals surface area contributed by atoms with Crippen molar-refractivity contribution in [1.82, 2.24) is 14.9 Å². The van der Waals surface area contributed by atoms with Crippen LogP contribution in [0.2, 0.25) is 0 Å². The fraction of sp³-hybridized carbons (Fsp3) is 0.737. The van der Waals surface area contributed by atoms with E-state index in [0.29, 0.717) is 30.4 Å². The van der Waals surface area contributed by atoms with Gasteiger partial charge in [-0.25, -0.2) is 9.97 Å². The van der Waals surface area contributed by atoms with E-state index < -0.39 is 0 Å². The lowest BCUT2D eigenvalue weighted by molar-refractivity contribution is -0.189. The molecule has 2 aliphatic heterocycles. The molecule has 1 amide bonds. The molecule has 3 heterocycles. The molecule has 0 N–H and O–H groups in total. The molecule has 1 spiro atoms. The first-order valence-corrected chi connectivity index (χ1v) is 9.46. The third-order valence-corrected chi connectivity index (χ3v) is 5.60. The summed E-state index contributed by atoms with van der Waals surface area (Å²) < 4.78 is 11.7. The van der Waals surface area contributed by atoms with E-state index >= 15 is 0 Å². The molecule has 1 aromatic heterocycles. The lowest BCUT2D eigenvalue weighted by Gasteiger charge is -2.53. The van der Waals surface area contributed by atoms with Gasteiger partial charge in [-0.1, -0.05) is 0 Å². The Balaban J connectivity index is 1.21. The van der Waals surface area contributed by atoms with E-state index in [1.807, 2.05) is 17.9 Å². The van der Waals surface area contributed by atoms with Crippen molar-refractivity contribution in [2.75, 3.05) is 26.3 Å². The number of aromatic nitrogens is 2. The Hall–Kier alpha value is -1.69. The van der Waals surface area contributed by atoms with Crippen molar-refractivity contribution >= 4 is 5.91 Å². The lowest BCUT2D eigenvalue weighted by atomic mass is 9.79. The van der Waals surface area contributed by atoms with Gasteiger partial charge in [-0.2, -0.15) is 0 Å². The molecule has 0 bridgehead atoms. The zero-order valence-electron chi connectivity index (χ0n) is 14.9. The number of hydrogen-bond donors (Lipinski definition) is 0. The van der Waals surface area contributed by atoms with E-state index in [2.05, 4.69) is 9.97 Å². The van der Waals surface area contributed by atoms with Gasteiger partial charge in [-0.3, -0.25) is 4.79 Å². The SMILES string of the molecule is Cc1ccnc(OCC[C@@H]2CCOC3(C2)CN(C(=O)CC2CC2)C3)n1. The molecule has 1 atom stereocenters. The normalized spacial score (nSPS) is 24.8. The fourth-order valence-electron chi connectivity index (χ4n) is 3.93. The summed E-state index contributed by atoms with van der Waals surface area (Å²) in [7, 11) is 0. The number of carbonyl (C=O) groups is 1. The molecular weight excluding hydrogens is 318 g/mol. The Bertz CT molecular complexity index is 626. The molecule has 3 aliphatic rings. The molecule has 4 rings (SSSR count). The summed E-state index contributed by atoms with van der Waals surface area (Å²) in [6, 6.07) is 2.32. The molecule has 2 saturated heterocycles. The third kappa shape index (κ3) is 4.11. The van der Waals surface area contributed by atoms with Gasteiger partial charge in [-0.15, -0.1) is 0 Å². The van der Waals surface area contributed by atoms with Crippen LogP contribution in [0.25, 0.3) is 0 Å². The van der Waals surface area contributed by atoms with E-state index in [1.54, 1.807) is 6.20 Å². The number of carbonyl (C=O) groups excluding carboxylic acids is 1. The highest BCUT2D eigenvalue weighted by Crippen LogP contribution is 2.40. The van der Waals surface area contributed by atoms with Gasteiger partial charge in [0.2, 0.25) is 5.91 Å². The predicted molar refractivity (Wildman–Crippen MR) is 92.2 cm³/mol. The van der Waals surface area contributed by atoms with Crippen molar-refractivity contribution in [2.45, 2.75) is 51.0 Å². The van der Waals surface area contributed by atoms with E-state index in [0.717, 1.165) is 51.1 Å². The van der Waals surface area contributed by atoms with Gasteiger partial charge < -0.3 is 14.4 Å². The number of hydrogen-bond acceptors (Lipinski definition) is 5. The summed E-state index contributed by atoms with van der Waals surface area (Å²) in [6.07, 6.45) is 8.00. The molecule has 0 aromatic carbocycles. The quantitative estimate of drug-likeness (QED) is 0.792. The van der Waals surface area contributed by atoms with Gasteiger partial charge in [0.1, 0.15) is 5.60 Å². The van der Waals surface area contributed by atoms with E-state index in [4.69, 9.17) is 9.47 Å². The van der Waals surface area contributed by atoms with Crippen molar-refractivity contribution in [3.63, 3.8) is 0 Å². The van der Waals surface area contributed by atoms with E-state index in [1.165, 1.54) is 12.8 Å². The van der Waals surface area contributed by atoms with Gasteiger partial charge in [0.15, 0.2) is 0 Å². The minimum Gasteiger partial charge on any atom is -0.463 e. The second-order valence-corrected chi connectivity index (χ2v) is 7.91. The summed E-state index contributed by atoms with van der Waals surface area (Å²) in [4.78, 5) is 22.6. The van der Waals surface area contributed by atoms with E-state index in [-0.39, 0.29) is 5.60 Å². The van der Waals surface area contributed by atoms with Crippen LogP contribution in [0, 0.1) is 18.8 Å². The molecular formula is C19H27N3O3. The van der Waals surface area contributed by atoms with Crippen LogP contribution in [0.1, 0.15) is 44.2 Å². The molecule has 1 saturated carbocycles. The number of amides is 1. The maximum absolute atomic E-state index is 12.2. The number of aryl methyl sites for hydroxylation is 1. The van der Waals surface area contributed by atoms with Crippen LogP contribution in [0.15, 0.2) is 12.3 Å². The smallest absolute Gasteiger partial charge is 0.316 e. The number of ether oxygens (including phenoxy) is 2. The molecule has 1 aliphatic carbocycles. The molecule has 1 aromatic rings. The summed E-state index contributed by atoms with van der Waals surface area (Å²) in [5.74, 6) is 1.56. The average Bonchev–Trinajstić information content (AvgIpc) is 3.37. The Morgan fingerprint density at radius 1 is 1.36 bits per heavy atom. The summed E-state index contributed by atoms with van der Waals surface area (Å²) in [5.41, 5.74) is 0.822. The topological polar surface area (TPSA) is 64.6 Å². The zero-order chi connectivity index (χ0) is 17.3. The van der Waals surface area contributed by atoms with E-state index in [9.17, 15) is 4.79 Å². The fourth-order valence-corrected chi connectivity index (χ4v) is 3.93. The highest BCUT2D eigenvalue weighted by atomic mass is 16.5. The van der Waals surface area contributed by atoms with Crippen LogP contribution in [0.4, 0.5) is 0 Å². The molecule has 25 heavy (non-hydrogen) atoms. The van der Waals surface area contributed by atoms with Gasteiger partial charge in [0.05, 0.1) is 19.7 Å². The maximum atomic E-state index is 12.2. The average molecular weight is 345 g/mol. The second-order valence-electron chi connectivity index (χ2n) is 7.91. The molecule has 3 fully saturated rings. The largest absolute Gasteiger partial charge is 0.463 e. The zero-order valence-corrected chi connectivity index (χ0v) is 14.9. The van der Waals surface area contributed by atoms with Crippen LogP contribution < -0.4 is 4.74 Å². The van der Waals surface area contributed by atoms with Gasteiger partial charge in [0.25, 0.3) is 0 Å². The summed E-state index contributed by atoms with van der Waals surface area (Å²) in [6.45, 7) is 4.90. The van der Waals surface area contributed by atoms with Crippen LogP contribution in [0.3, 0.4) is 0 Å². The Labute approximate surface area is 148 Å². The third-order valence-electron chi connectivity index (χ3n) is 5.60. The summed E-state index contributed by atoms with van der Waals surface area (Å²) in [5, 5.41) is 0. The van der Waals surface area contributed by atoms with Crippen molar-refractivity contribution in [3.05, 3.63) is 18.0 Å². The van der Waals surface area contributed by atoms with Gasteiger partial charge >= 0.3 is 6.01 Å². The molecule has 6 nitrogen and oxygen atoms in total. The Morgan fingerprint density at radius 3 is 2.96 bits per heavy atom. The molecule has 0 unspecified atom stereocenters. The van der Waals surface area contributed by atoms with Crippen LogP contribution in [0.5, 0.6) is 6.01 Å². The van der Waals surface area contributed by atoms with Gasteiger partial charge in [0, 0.05) is 24.9 Å². The Morgan fingerprint density at radius 2 is 2.20 bits per heavy atom. The number of rotatable bonds is 6. The van der Waals surface area contributed by atoms with Crippen LogP contribution in [-0.4, -0.2) is 52.7 Å². The maximum Gasteiger partial charge on any atom is 0.316 e. The minimum atomic E-state index is -0.0953. The Kier molecular flexibility index (Phi) is 4.63. The monoisotopic (exact) mass is 345 g/mol. The minimum absolute atomic E-state index is 0.0953. The van der Waals surface area contributed by atoms with Crippen molar-refractivity contribution in [3.8, 4) is 6.01 Å². The highest BCUT2D eigenvalue weighted by Gasteiger charge is 2.49. The predicted octanol–water partition coefficient (Wildman–Crippen LogP) is 2.36. The standard InChI is InChI=1S/C19H27N3O3/c1-14-4-7-20-18(21-14)24-8-5-16-6-9-25-19(11-16)12-22(13-19)17(23)10-15-2-3-15/h4,7,15-16H,2-3,5-6,8-13H2,1H3/t16-/m1/s1. The second kappa shape index (κ2) is 6.90. The number of likely N-dealkylation sites (tertiary alicyclic amines) is 1. The highest BCUT2D eigenvalue weighted by molar-refractivity contribution is 5.78. The van der Waals surface area contributed by atoms with Gasteiger partial charge in [-0.05, 0) is 56.9 Å². The molecule has 136 valence electrons. The van der Waals surface area contributed by atoms with Crippen LogP contribution in [-0.2, 0) is 9.53 Å². The van der Waals surface area contributed by atoms with Crippen molar-refractivity contribution in [1.29, 1.82) is 0 Å². The van der Waals surface area contributed by atoms with Crippen molar-refractivity contribution < 1.29 is 14.3 Å². The summed E-state index contributed by atoms with van der Waals surface area (Å²) >= 11 is 0. The number of nitrogens with zero attached hydrogens (tertiary/aromatic N) is 3. The molecule has 6 heteroatoms. The van der Waals surface area contributed by atoms with Crippen LogP contribution >= 0.6 is 0 Å². The first kappa shape index (κ1) is 16.8.